The highest BCUT2D eigenvalue weighted by Gasteiger charge is 2.34. The molecule has 0 amide bonds. The number of ether oxygens (including phenoxy) is 1. The van der Waals surface area contributed by atoms with Crippen LogP contribution in [-0.2, 0) is 14.8 Å². The van der Waals surface area contributed by atoms with Crippen molar-refractivity contribution in [2.75, 3.05) is 13.2 Å². The molecule has 0 radical (unpaired) electrons. The van der Waals surface area contributed by atoms with Crippen molar-refractivity contribution in [3.8, 4) is 5.69 Å². The normalized spacial score (nSPS) is 23.5. The molecule has 1 aliphatic heterocycles. The Morgan fingerprint density at radius 3 is 2.68 bits per heavy atom. The van der Waals surface area contributed by atoms with E-state index >= 15 is 0 Å². The second-order valence-corrected chi connectivity index (χ2v) is 7.41. The number of rotatable bonds is 3. The molecule has 2 heterocycles. The van der Waals surface area contributed by atoms with Crippen molar-refractivity contribution in [2.24, 2.45) is 0 Å². The first kappa shape index (κ1) is 15.2. The van der Waals surface area contributed by atoms with Gasteiger partial charge in [-0.15, -0.1) is 0 Å². The molecule has 0 saturated carbocycles. The van der Waals surface area contributed by atoms with Crippen LogP contribution in [0.2, 0.25) is 0 Å². The zero-order valence-electron chi connectivity index (χ0n) is 12.6. The van der Waals surface area contributed by atoms with Gasteiger partial charge in [-0.1, -0.05) is 18.2 Å². The van der Waals surface area contributed by atoms with Gasteiger partial charge in [0, 0.05) is 12.6 Å². The van der Waals surface area contributed by atoms with E-state index in [1.165, 1.54) is 10.5 Å². The smallest absolute Gasteiger partial charge is 0.246 e. The molecule has 3 rings (SSSR count). The molecule has 2 aromatic rings. The van der Waals surface area contributed by atoms with Crippen molar-refractivity contribution in [3.63, 3.8) is 0 Å². The lowest BCUT2D eigenvalue weighted by atomic mass is 10.2. The van der Waals surface area contributed by atoms with Crippen molar-refractivity contribution in [1.82, 2.24) is 14.1 Å². The monoisotopic (exact) mass is 321 g/mol. The zero-order valence-corrected chi connectivity index (χ0v) is 13.4. The average molecular weight is 321 g/mol. The number of hydrogen-bond acceptors (Lipinski definition) is 4. The first-order valence-corrected chi connectivity index (χ1v) is 8.66. The van der Waals surface area contributed by atoms with Crippen molar-refractivity contribution in [2.45, 2.75) is 30.9 Å². The Bertz CT molecular complexity index is 742. The Morgan fingerprint density at radius 2 is 1.95 bits per heavy atom. The van der Waals surface area contributed by atoms with Crippen LogP contribution in [0.15, 0.2) is 47.6 Å². The second-order valence-electron chi connectivity index (χ2n) is 5.52. The highest BCUT2D eigenvalue weighted by atomic mass is 32.2. The average Bonchev–Trinajstić information content (AvgIpc) is 3.01. The van der Waals surface area contributed by atoms with Gasteiger partial charge in [0.2, 0.25) is 10.0 Å². The second kappa shape index (κ2) is 5.83. The minimum absolute atomic E-state index is 0.102. The van der Waals surface area contributed by atoms with Crippen LogP contribution >= 0.6 is 0 Å². The lowest BCUT2D eigenvalue weighted by Gasteiger charge is -2.35. The van der Waals surface area contributed by atoms with Crippen LogP contribution in [0.5, 0.6) is 0 Å². The largest absolute Gasteiger partial charge is 0.375 e. The molecule has 118 valence electrons. The summed E-state index contributed by atoms with van der Waals surface area (Å²) in [4.78, 5) is 0.206. The SMILES string of the molecule is C[C@@H]1CO[C@@H](C)CN1S(=O)(=O)c1cnn(-c2ccccc2)c1. The predicted molar refractivity (Wildman–Crippen MR) is 82.3 cm³/mol. The minimum Gasteiger partial charge on any atom is -0.375 e. The van der Waals surface area contributed by atoms with E-state index in [9.17, 15) is 8.42 Å². The van der Waals surface area contributed by atoms with Crippen LogP contribution in [0.1, 0.15) is 13.8 Å². The Hall–Kier alpha value is -1.70. The molecular weight excluding hydrogens is 302 g/mol. The molecule has 1 aliphatic rings. The molecule has 2 atom stereocenters. The van der Waals surface area contributed by atoms with E-state index in [0.29, 0.717) is 13.2 Å². The molecule has 1 fully saturated rings. The van der Waals surface area contributed by atoms with Crippen molar-refractivity contribution >= 4 is 10.0 Å². The predicted octanol–water partition coefficient (Wildman–Crippen LogP) is 1.67. The van der Waals surface area contributed by atoms with Crippen LogP contribution in [-0.4, -0.2) is 47.8 Å². The lowest BCUT2D eigenvalue weighted by Crippen LogP contribution is -2.49. The Labute approximate surface area is 130 Å². The van der Waals surface area contributed by atoms with Gasteiger partial charge in [0.1, 0.15) is 4.90 Å². The standard InChI is InChI=1S/C15H19N3O3S/c1-12-11-21-13(2)9-18(12)22(19,20)15-8-16-17(10-15)14-6-4-3-5-7-14/h3-8,10,12-13H,9,11H2,1-2H3/t12-,13+/m1/s1. The molecule has 0 bridgehead atoms. The van der Waals surface area contributed by atoms with Gasteiger partial charge in [-0.25, -0.2) is 13.1 Å². The van der Waals surface area contributed by atoms with Crippen LogP contribution in [0.3, 0.4) is 0 Å². The maximum Gasteiger partial charge on any atom is 0.246 e. The summed E-state index contributed by atoms with van der Waals surface area (Å²) in [7, 11) is -3.56. The molecule has 1 aromatic carbocycles. The van der Waals surface area contributed by atoms with E-state index in [1.807, 2.05) is 44.2 Å². The van der Waals surface area contributed by atoms with E-state index in [4.69, 9.17) is 4.74 Å². The third kappa shape index (κ3) is 2.79. The van der Waals surface area contributed by atoms with Gasteiger partial charge in [-0.3, -0.25) is 0 Å². The Balaban J connectivity index is 1.91. The summed E-state index contributed by atoms with van der Waals surface area (Å²) in [5.41, 5.74) is 0.826. The van der Waals surface area contributed by atoms with Gasteiger partial charge in [-0.05, 0) is 26.0 Å². The molecule has 1 aromatic heterocycles. The zero-order chi connectivity index (χ0) is 15.7. The fourth-order valence-corrected chi connectivity index (χ4v) is 4.13. The van der Waals surface area contributed by atoms with Crippen molar-refractivity contribution < 1.29 is 13.2 Å². The number of hydrogen-bond donors (Lipinski definition) is 0. The third-order valence-corrected chi connectivity index (χ3v) is 5.67. The number of para-hydroxylation sites is 1. The van der Waals surface area contributed by atoms with Gasteiger partial charge >= 0.3 is 0 Å². The number of morpholine rings is 1. The summed E-state index contributed by atoms with van der Waals surface area (Å²) in [6, 6.07) is 9.25. The molecule has 0 aliphatic carbocycles. The maximum absolute atomic E-state index is 12.8. The highest BCUT2D eigenvalue weighted by molar-refractivity contribution is 7.89. The first-order valence-electron chi connectivity index (χ1n) is 7.22. The van der Waals surface area contributed by atoms with Gasteiger partial charge in [0.15, 0.2) is 0 Å². The van der Waals surface area contributed by atoms with Crippen molar-refractivity contribution in [1.29, 1.82) is 0 Å². The maximum atomic E-state index is 12.8. The van der Waals surface area contributed by atoms with Gasteiger partial charge in [-0.2, -0.15) is 9.40 Å². The van der Waals surface area contributed by atoms with Crippen LogP contribution < -0.4 is 0 Å². The lowest BCUT2D eigenvalue weighted by molar-refractivity contribution is -0.0170. The molecular formula is C15H19N3O3S. The number of aromatic nitrogens is 2. The number of benzene rings is 1. The van der Waals surface area contributed by atoms with Gasteiger partial charge < -0.3 is 4.74 Å². The van der Waals surface area contributed by atoms with Crippen molar-refractivity contribution in [3.05, 3.63) is 42.7 Å². The van der Waals surface area contributed by atoms with E-state index in [2.05, 4.69) is 5.10 Å². The Morgan fingerprint density at radius 1 is 1.23 bits per heavy atom. The summed E-state index contributed by atoms with van der Waals surface area (Å²) in [5, 5.41) is 4.17. The molecule has 7 heteroatoms. The summed E-state index contributed by atoms with van der Waals surface area (Å²) in [6.45, 7) is 4.50. The summed E-state index contributed by atoms with van der Waals surface area (Å²) < 4.78 is 34.2. The number of sulfonamides is 1. The van der Waals surface area contributed by atoms with Crippen LogP contribution in [0, 0.1) is 0 Å². The minimum atomic E-state index is -3.56. The number of nitrogens with zero attached hydrogens (tertiary/aromatic N) is 3. The quantitative estimate of drug-likeness (QED) is 0.862. The van der Waals surface area contributed by atoms with E-state index in [0.717, 1.165) is 5.69 Å². The molecule has 1 saturated heterocycles. The summed E-state index contributed by atoms with van der Waals surface area (Å²) in [5.74, 6) is 0. The van der Waals surface area contributed by atoms with E-state index in [-0.39, 0.29) is 17.0 Å². The highest BCUT2D eigenvalue weighted by Crippen LogP contribution is 2.22. The fraction of sp³-hybridized carbons (Fsp3) is 0.400. The topological polar surface area (TPSA) is 64.4 Å². The molecule has 0 spiro atoms. The molecule has 0 unspecified atom stereocenters. The van der Waals surface area contributed by atoms with Gasteiger partial charge in [0.25, 0.3) is 0 Å². The molecule has 0 N–H and O–H groups in total. The molecule has 6 nitrogen and oxygen atoms in total. The fourth-order valence-electron chi connectivity index (χ4n) is 2.50. The van der Waals surface area contributed by atoms with Crippen LogP contribution in [0.25, 0.3) is 5.69 Å². The van der Waals surface area contributed by atoms with E-state index in [1.54, 1.807) is 10.9 Å². The molecule has 22 heavy (non-hydrogen) atoms. The van der Waals surface area contributed by atoms with Crippen LogP contribution in [0.4, 0.5) is 0 Å². The summed E-state index contributed by atoms with van der Waals surface area (Å²) >= 11 is 0. The third-order valence-electron chi connectivity index (χ3n) is 3.74. The van der Waals surface area contributed by atoms with Gasteiger partial charge in [0.05, 0.1) is 30.8 Å². The summed E-state index contributed by atoms with van der Waals surface area (Å²) in [6.07, 6.45) is 2.85. The Kier molecular flexibility index (Phi) is 4.03. The van der Waals surface area contributed by atoms with E-state index < -0.39 is 10.0 Å². The first-order chi connectivity index (χ1) is 10.5.